The van der Waals surface area contributed by atoms with E-state index in [-0.39, 0.29) is 11.6 Å². The number of aromatic nitrogens is 2. The quantitative estimate of drug-likeness (QED) is 0.468. The highest BCUT2D eigenvalue weighted by Crippen LogP contribution is 2.22. The van der Waals surface area contributed by atoms with E-state index in [2.05, 4.69) is 9.88 Å². The molecule has 8 heteroatoms. The van der Waals surface area contributed by atoms with Gasteiger partial charge in [0.2, 0.25) is 0 Å². The third kappa shape index (κ3) is 4.75. The van der Waals surface area contributed by atoms with Gasteiger partial charge in [0.25, 0.3) is 11.6 Å². The van der Waals surface area contributed by atoms with Gasteiger partial charge in [-0.3, -0.25) is 14.9 Å². The van der Waals surface area contributed by atoms with E-state index in [1.54, 1.807) is 18.3 Å². The number of nitrogens with zero attached hydrogens (tertiary/aromatic N) is 5. The molecule has 0 bridgehead atoms. The number of rotatable bonds is 5. The Kier molecular flexibility index (Phi) is 5.99. The molecule has 0 N–H and O–H groups in total. The van der Waals surface area contributed by atoms with Crippen molar-refractivity contribution in [2.45, 2.75) is 6.42 Å². The molecule has 1 amide bonds. The van der Waals surface area contributed by atoms with Crippen molar-refractivity contribution in [3.63, 3.8) is 0 Å². The second-order valence-electron chi connectivity index (χ2n) is 7.62. The van der Waals surface area contributed by atoms with Crippen LogP contribution < -0.4 is 0 Å². The van der Waals surface area contributed by atoms with Crippen LogP contribution in [0.25, 0.3) is 11.4 Å². The zero-order chi connectivity index (χ0) is 21.8. The Bertz CT molecular complexity index is 1100. The standard InChI is InChI=1S/C23H23N5O3/c1-26-10-12-27(13-11-26)23(29)20-16-24-22(18-7-3-2-4-8-18)25-21(20)15-17-6-5-9-19(14-17)28(30)31/h2-9,14,16H,10-13,15H2,1H3. The maximum atomic E-state index is 13.3. The second-order valence-corrected chi connectivity index (χ2v) is 7.62. The van der Waals surface area contributed by atoms with Gasteiger partial charge in [0, 0.05) is 56.5 Å². The molecule has 0 saturated carbocycles. The van der Waals surface area contributed by atoms with Crippen LogP contribution in [0.1, 0.15) is 21.6 Å². The maximum Gasteiger partial charge on any atom is 0.269 e. The first-order valence-corrected chi connectivity index (χ1v) is 10.1. The molecular weight excluding hydrogens is 394 g/mol. The predicted molar refractivity (Wildman–Crippen MR) is 117 cm³/mol. The van der Waals surface area contributed by atoms with Crippen molar-refractivity contribution in [2.24, 2.45) is 0 Å². The number of piperazine rings is 1. The number of nitro groups is 1. The van der Waals surface area contributed by atoms with Crippen LogP contribution in [0.4, 0.5) is 5.69 Å². The monoisotopic (exact) mass is 417 g/mol. The van der Waals surface area contributed by atoms with Gasteiger partial charge < -0.3 is 9.80 Å². The molecule has 8 nitrogen and oxygen atoms in total. The van der Waals surface area contributed by atoms with E-state index in [1.165, 1.54) is 12.1 Å². The number of non-ortho nitro benzene ring substituents is 1. The van der Waals surface area contributed by atoms with Gasteiger partial charge in [0.05, 0.1) is 16.2 Å². The smallest absolute Gasteiger partial charge is 0.269 e. The Morgan fingerprint density at radius 2 is 1.81 bits per heavy atom. The topological polar surface area (TPSA) is 92.5 Å². The van der Waals surface area contributed by atoms with Crippen LogP contribution in [0.15, 0.2) is 60.8 Å². The first kappa shape index (κ1) is 20.6. The Morgan fingerprint density at radius 3 is 2.52 bits per heavy atom. The summed E-state index contributed by atoms with van der Waals surface area (Å²) >= 11 is 0. The van der Waals surface area contributed by atoms with Crippen molar-refractivity contribution in [1.82, 2.24) is 19.8 Å². The van der Waals surface area contributed by atoms with Gasteiger partial charge in [-0.15, -0.1) is 0 Å². The fraction of sp³-hybridized carbons (Fsp3) is 0.261. The minimum atomic E-state index is -0.421. The third-order valence-electron chi connectivity index (χ3n) is 5.41. The molecule has 2 aromatic carbocycles. The lowest BCUT2D eigenvalue weighted by atomic mass is 10.0. The average molecular weight is 417 g/mol. The molecule has 0 spiro atoms. The van der Waals surface area contributed by atoms with E-state index >= 15 is 0 Å². The van der Waals surface area contributed by atoms with Crippen molar-refractivity contribution in [3.05, 3.63) is 87.7 Å². The molecular formula is C23H23N5O3. The summed E-state index contributed by atoms with van der Waals surface area (Å²) in [7, 11) is 2.04. The molecule has 1 aliphatic heterocycles. The first-order valence-electron chi connectivity index (χ1n) is 10.1. The molecule has 158 valence electrons. The Labute approximate surface area is 180 Å². The Balaban J connectivity index is 1.71. The summed E-state index contributed by atoms with van der Waals surface area (Å²) in [5.74, 6) is 0.420. The summed E-state index contributed by atoms with van der Waals surface area (Å²) in [5.41, 5.74) is 2.59. The lowest BCUT2D eigenvalue weighted by Gasteiger charge is -2.32. The van der Waals surface area contributed by atoms with Crippen molar-refractivity contribution in [3.8, 4) is 11.4 Å². The molecule has 1 saturated heterocycles. The van der Waals surface area contributed by atoms with Crippen molar-refractivity contribution in [2.75, 3.05) is 33.2 Å². The largest absolute Gasteiger partial charge is 0.336 e. The number of hydrogen-bond acceptors (Lipinski definition) is 6. The average Bonchev–Trinajstić information content (AvgIpc) is 2.80. The normalized spacial score (nSPS) is 14.4. The Morgan fingerprint density at radius 1 is 1.06 bits per heavy atom. The van der Waals surface area contributed by atoms with Gasteiger partial charge in [-0.05, 0) is 12.6 Å². The highest BCUT2D eigenvalue weighted by molar-refractivity contribution is 5.95. The van der Waals surface area contributed by atoms with E-state index < -0.39 is 4.92 Å². The molecule has 1 aromatic heterocycles. The number of carbonyl (C=O) groups is 1. The first-order chi connectivity index (χ1) is 15.0. The molecule has 1 fully saturated rings. The van der Waals surface area contributed by atoms with Crippen molar-refractivity contribution < 1.29 is 9.72 Å². The Hall–Kier alpha value is -3.65. The summed E-state index contributed by atoms with van der Waals surface area (Å²) in [4.78, 5) is 37.2. The van der Waals surface area contributed by atoms with Crippen LogP contribution in [-0.2, 0) is 6.42 Å². The number of likely N-dealkylation sites (N-methyl/N-ethyl adjacent to an activating group) is 1. The van der Waals surface area contributed by atoms with Crippen LogP contribution in [0, 0.1) is 10.1 Å². The van der Waals surface area contributed by atoms with Gasteiger partial charge in [0.1, 0.15) is 0 Å². The van der Waals surface area contributed by atoms with Gasteiger partial charge in [-0.2, -0.15) is 0 Å². The molecule has 1 aliphatic rings. The van der Waals surface area contributed by atoms with E-state index in [0.29, 0.717) is 36.6 Å². The van der Waals surface area contributed by atoms with Gasteiger partial charge in [-0.1, -0.05) is 42.5 Å². The van der Waals surface area contributed by atoms with Crippen molar-refractivity contribution >= 4 is 11.6 Å². The van der Waals surface area contributed by atoms with Gasteiger partial charge in [-0.25, -0.2) is 9.97 Å². The number of amides is 1. The number of hydrogen-bond donors (Lipinski definition) is 0. The highest BCUT2D eigenvalue weighted by Gasteiger charge is 2.24. The number of benzene rings is 2. The summed E-state index contributed by atoms with van der Waals surface area (Å²) in [6, 6.07) is 16.0. The minimum absolute atomic E-state index is 0.0155. The fourth-order valence-electron chi connectivity index (χ4n) is 3.61. The van der Waals surface area contributed by atoms with Crippen LogP contribution in [0.5, 0.6) is 0 Å². The van der Waals surface area contributed by atoms with E-state index in [1.807, 2.05) is 42.3 Å². The lowest BCUT2D eigenvalue weighted by Crippen LogP contribution is -2.47. The van der Waals surface area contributed by atoms with Crippen LogP contribution in [-0.4, -0.2) is 63.8 Å². The molecule has 3 aromatic rings. The summed E-state index contributed by atoms with van der Waals surface area (Å²) in [6.07, 6.45) is 1.89. The van der Waals surface area contributed by atoms with E-state index in [4.69, 9.17) is 4.98 Å². The third-order valence-corrected chi connectivity index (χ3v) is 5.41. The molecule has 0 unspecified atom stereocenters. The number of carbonyl (C=O) groups excluding carboxylic acids is 1. The summed E-state index contributed by atoms with van der Waals surface area (Å²) in [6.45, 7) is 2.92. The zero-order valence-corrected chi connectivity index (χ0v) is 17.3. The minimum Gasteiger partial charge on any atom is -0.336 e. The van der Waals surface area contributed by atoms with Crippen LogP contribution >= 0.6 is 0 Å². The van der Waals surface area contributed by atoms with E-state index in [0.717, 1.165) is 24.2 Å². The maximum absolute atomic E-state index is 13.3. The number of nitro benzene ring substituents is 1. The van der Waals surface area contributed by atoms with Crippen LogP contribution in [0.3, 0.4) is 0 Å². The van der Waals surface area contributed by atoms with Gasteiger partial charge in [0.15, 0.2) is 5.82 Å². The zero-order valence-electron chi connectivity index (χ0n) is 17.3. The fourth-order valence-corrected chi connectivity index (χ4v) is 3.61. The molecule has 2 heterocycles. The van der Waals surface area contributed by atoms with E-state index in [9.17, 15) is 14.9 Å². The lowest BCUT2D eigenvalue weighted by molar-refractivity contribution is -0.384. The van der Waals surface area contributed by atoms with Gasteiger partial charge >= 0.3 is 0 Å². The van der Waals surface area contributed by atoms with Crippen LogP contribution in [0.2, 0.25) is 0 Å². The molecule has 0 atom stereocenters. The second kappa shape index (κ2) is 9.01. The molecule has 0 radical (unpaired) electrons. The summed E-state index contributed by atoms with van der Waals surface area (Å²) < 4.78 is 0. The highest BCUT2D eigenvalue weighted by atomic mass is 16.6. The summed E-state index contributed by atoms with van der Waals surface area (Å²) in [5, 5.41) is 11.2. The molecule has 4 rings (SSSR count). The SMILES string of the molecule is CN1CCN(C(=O)c2cnc(-c3ccccc3)nc2Cc2cccc([N+](=O)[O-])c2)CC1. The molecule has 0 aliphatic carbocycles. The molecule has 31 heavy (non-hydrogen) atoms. The predicted octanol–water partition coefficient (Wildman–Crippen LogP) is 3.03. The van der Waals surface area contributed by atoms with Crippen molar-refractivity contribution in [1.29, 1.82) is 0 Å².